The summed E-state index contributed by atoms with van der Waals surface area (Å²) in [5.41, 5.74) is 5.52. The van der Waals surface area contributed by atoms with Crippen molar-refractivity contribution < 1.29 is 9.47 Å². The van der Waals surface area contributed by atoms with Gasteiger partial charge in [0.05, 0.1) is 19.8 Å². The van der Waals surface area contributed by atoms with Crippen LogP contribution >= 0.6 is 0 Å². The van der Waals surface area contributed by atoms with Gasteiger partial charge in [0.1, 0.15) is 0 Å². The van der Waals surface area contributed by atoms with Gasteiger partial charge in [0.15, 0.2) is 0 Å². The van der Waals surface area contributed by atoms with Crippen molar-refractivity contribution in [2.24, 2.45) is 5.73 Å². The number of hydrogen-bond donors (Lipinski definition) is 1. The molecular weight excluding hydrogens is 192 g/mol. The zero-order chi connectivity index (χ0) is 10.9. The van der Waals surface area contributed by atoms with Crippen LogP contribution in [0.5, 0.6) is 0 Å². The van der Waals surface area contributed by atoms with Crippen LogP contribution in [0, 0.1) is 0 Å². The highest BCUT2D eigenvalue weighted by Crippen LogP contribution is 2.26. The first-order valence-corrected chi connectivity index (χ1v) is 5.89. The van der Waals surface area contributed by atoms with Gasteiger partial charge in [0, 0.05) is 19.7 Å². The lowest BCUT2D eigenvalue weighted by atomic mass is 10.3. The van der Waals surface area contributed by atoms with E-state index in [9.17, 15) is 0 Å². The van der Waals surface area contributed by atoms with E-state index in [1.54, 1.807) is 7.11 Å². The topological polar surface area (TPSA) is 47.7 Å². The Balaban J connectivity index is 1.98. The summed E-state index contributed by atoms with van der Waals surface area (Å²) in [5.74, 6) is 0. The summed E-state index contributed by atoms with van der Waals surface area (Å²) in [6.45, 7) is 5.14. The van der Waals surface area contributed by atoms with Gasteiger partial charge in [-0.3, -0.25) is 4.90 Å². The van der Waals surface area contributed by atoms with Gasteiger partial charge in [0.25, 0.3) is 0 Å². The number of rotatable bonds is 10. The molecule has 0 aliphatic heterocycles. The molecule has 0 spiro atoms. The Morgan fingerprint density at radius 3 is 2.60 bits per heavy atom. The molecule has 4 heteroatoms. The highest BCUT2D eigenvalue weighted by Gasteiger charge is 2.27. The van der Waals surface area contributed by atoms with Crippen LogP contribution in [-0.4, -0.2) is 57.5 Å². The lowest BCUT2D eigenvalue weighted by Crippen LogP contribution is -2.32. The van der Waals surface area contributed by atoms with E-state index in [1.807, 2.05) is 0 Å². The molecule has 1 rings (SSSR count). The maximum Gasteiger partial charge on any atom is 0.0700 e. The molecule has 2 N–H and O–H groups in total. The lowest BCUT2D eigenvalue weighted by Gasteiger charge is -2.21. The summed E-state index contributed by atoms with van der Waals surface area (Å²) in [5, 5.41) is 0. The maximum absolute atomic E-state index is 5.52. The molecule has 0 amide bonds. The Hall–Kier alpha value is -0.160. The highest BCUT2D eigenvalue weighted by atomic mass is 16.5. The van der Waals surface area contributed by atoms with Crippen LogP contribution in [0.15, 0.2) is 0 Å². The Bertz CT molecular complexity index is 152. The third kappa shape index (κ3) is 6.10. The predicted octanol–water partition coefficient (Wildman–Crippen LogP) is 0.463. The molecule has 1 aliphatic carbocycles. The Morgan fingerprint density at radius 2 is 2.00 bits per heavy atom. The van der Waals surface area contributed by atoms with E-state index in [0.29, 0.717) is 13.2 Å². The molecule has 0 aromatic heterocycles. The summed E-state index contributed by atoms with van der Waals surface area (Å²) >= 11 is 0. The molecule has 0 unspecified atom stereocenters. The van der Waals surface area contributed by atoms with Crippen LogP contribution in [0.4, 0.5) is 0 Å². The van der Waals surface area contributed by atoms with E-state index in [4.69, 9.17) is 15.2 Å². The summed E-state index contributed by atoms with van der Waals surface area (Å²) in [6, 6.07) is 0.808. The molecule has 0 radical (unpaired) electrons. The molecule has 0 saturated heterocycles. The van der Waals surface area contributed by atoms with Crippen molar-refractivity contribution in [1.82, 2.24) is 4.90 Å². The van der Waals surface area contributed by atoms with E-state index in [2.05, 4.69) is 4.90 Å². The fourth-order valence-electron chi connectivity index (χ4n) is 1.64. The standard InChI is InChI=1S/C11H24N2O2/c1-14-9-10-15-8-7-13(6-2-5-12)11-3-4-11/h11H,2-10,12H2,1H3. The van der Waals surface area contributed by atoms with Gasteiger partial charge in [-0.2, -0.15) is 0 Å². The van der Waals surface area contributed by atoms with Gasteiger partial charge in [-0.1, -0.05) is 0 Å². The van der Waals surface area contributed by atoms with Crippen LogP contribution in [0.2, 0.25) is 0 Å². The van der Waals surface area contributed by atoms with Gasteiger partial charge in [-0.05, 0) is 32.4 Å². The largest absolute Gasteiger partial charge is 0.382 e. The first kappa shape index (κ1) is 12.9. The Morgan fingerprint density at radius 1 is 1.20 bits per heavy atom. The van der Waals surface area contributed by atoms with E-state index >= 15 is 0 Å². The number of hydrogen-bond acceptors (Lipinski definition) is 4. The van der Waals surface area contributed by atoms with Crippen LogP contribution in [-0.2, 0) is 9.47 Å². The summed E-state index contributed by atoms with van der Waals surface area (Å²) in [4.78, 5) is 2.50. The minimum atomic E-state index is 0.687. The second-order valence-electron chi connectivity index (χ2n) is 4.01. The number of ether oxygens (including phenoxy) is 2. The van der Waals surface area contributed by atoms with Crippen molar-refractivity contribution in [1.29, 1.82) is 0 Å². The fraction of sp³-hybridized carbons (Fsp3) is 1.00. The smallest absolute Gasteiger partial charge is 0.0700 e. The summed E-state index contributed by atoms with van der Waals surface area (Å²) in [6.07, 6.45) is 3.79. The molecular formula is C11H24N2O2. The van der Waals surface area contributed by atoms with E-state index in [-0.39, 0.29) is 0 Å². The van der Waals surface area contributed by atoms with Crippen molar-refractivity contribution >= 4 is 0 Å². The molecule has 1 saturated carbocycles. The SMILES string of the molecule is COCCOCCN(CCCN)C1CC1. The molecule has 0 atom stereocenters. The normalized spacial score (nSPS) is 16.2. The van der Waals surface area contributed by atoms with Crippen molar-refractivity contribution in [2.75, 3.05) is 46.6 Å². The van der Waals surface area contributed by atoms with Crippen LogP contribution in [0.3, 0.4) is 0 Å². The van der Waals surface area contributed by atoms with Crippen LogP contribution in [0.25, 0.3) is 0 Å². The predicted molar refractivity (Wildman–Crippen MR) is 61.0 cm³/mol. The molecule has 15 heavy (non-hydrogen) atoms. The highest BCUT2D eigenvalue weighted by molar-refractivity contribution is 4.84. The van der Waals surface area contributed by atoms with Gasteiger partial charge in [-0.25, -0.2) is 0 Å². The number of methoxy groups -OCH3 is 1. The summed E-state index contributed by atoms with van der Waals surface area (Å²) < 4.78 is 10.4. The van der Waals surface area contributed by atoms with Crippen molar-refractivity contribution in [3.05, 3.63) is 0 Å². The molecule has 1 fully saturated rings. The minimum Gasteiger partial charge on any atom is -0.382 e. The third-order valence-corrected chi connectivity index (χ3v) is 2.67. The zero-order valence-electron chi connectivity index (χ0n) is 9.78. The average Bonchev–Trinajstić information content (AvgIpc) is 3.06. The Labute approximate surface area is 92.7 Å². The van der Waals surface area contributed by atoms with Crippen molar-refractivity contribution in [3.8, 4) is 0 Å². The van der Waals surface area contributed by atoms with E-state index < -0.39 is 0 Å². The molecule has 0 aromatic rings. The number of nitrogens with zero attached hydrogens (tertiary/aromatic N) is 1. The monoisotopic (exact) mass is 216 g/mol. The summed E-state index contributed by atoms with van der Waals surface area (Å²) in [7, 11) is 1.70. The molecule has 4 nitrogen and oxygen atoms in total. The number of nitrogens with two attached hydrogens (primary N) is 1. The van der Waals surface area contributed by atoms with Crippen LogP contribution in [0.1, 0.15) is 19.3 Å². The zero-order valence-corrected chi connectivity index (χ0v) is 9.78. The lowest BCUT2D eigenvalue weighted by molar-refractivity contribution is 0.0558. The quantitative estimate of drug-likeness (QED) is 0.539. The fourth-order valence-corrected chi connectivity index (χ4v) is 1.64. The maximum atomic E-state index is 5.52. The van der Waals surface area contributed by atoms with E-state index in [1.165, 1.54) is 12.8 Å². The van der Waals surface area contributed by atoms with Crippen molar-refractivity contribution in [3.63, 3.8) is 0 Å². The first-order chi connectivity index (χ1) is 7.38. The molecule has 0 bridgehead atoms. The molecule has 0 aromatic carbocycles. The average molecular weight is 216 g/mol. The minimum absolute atomic E-state index is 0.687. The second-order valence-corrected chi connectivity index (χ2v) is 4.01. The molecule has 0 heterocycles. The van der Waals surface area contributed by atoms with Gasteiger partial charge >= 0.3 is 0 Å². The van der Waals surface area contributed by atoms with Gasteiger partial charge in [0.2, 0.25) is 0 Å². The van der Waals surface area contributed by atoms with Crippen LogP contribution < -0.4 is 5.73 Å². The third-order valence-electron chi connectivity index (χ3n) is 2.67. The molecule has 90 valence electrons. The van der Waals surface area contributed by atoms with Crippen molar-refractivity contribution in [2.45, 2.75) is 25.3 Å². The molecule has 1 aliphatic rings. The van der Waals surface area contributed by atoms with E-state index in [0.717, 1.165) is 38.7 Å². The first-order valence-electron chi connectivity index (χ1n) is 5.89. The van der Waals surface area contributed by atoms with Gasteiger partial charge < -0.3 is 15.2 Å². The second kappa shape index (κ2) is 8.05. The Kier molecular flexibility index (Phi) is 6.92. The van der Waals surface area contributed by atoms with Gasteiger partial charge in [-0.15, -0.1) is 0 Å².